The fourth-order valence-corrected chi connectivity index (χ4v) is 3.23. The summed E-state index contributed by atoms with van der Waals surface area (Å²) in [5.74, 6) is 1.05. The van der Waals surface area contributed by atoms with E-state index in [1.54, 1.807) is 0 Å². The first-order valence-electron chi connectivity index (χ1n) is 6.32. The second kappa shape index (κ2) is 5.24. The summed E-state index contributed by atoms with van der Waals surface area (Å²) in [6.45, 7) is 6.76. The molecule has 17 heavy (non-hydrogen) atoms. The molecule has 0 saturated heterocycles. The van der Waals surface area contributed by atoms with Gasteiger partial charge >= 0.3 is 0 Å². The molecule has 3 N–H and O–H groups in total. The Hall–Kier alpha value is -0.130. The molecule has 1 aliphatic carbocycles. The smallest absolute Gasteiger partial charge is 0.280 e. The van der Waals surface area contributed by atoms with Crippen LogP contribution in [0.15, 0.2) is 0 Å². The number of hydrogen-bond acceptors (Lipinski definition) is 3. The molecule has 0 bridgehead atoms. The zero-order chi connectivity index (χ0) is 13.3. The normalized spacial score (nSPS) is 29.0. The summed E-state index contributed by atoms with van der Waals surface area (Å²) in [4.78, 5) is 0. The minimum absolute atomic E-state index is 0.330. The van der Waals surface area contributed by atoms with E-state index in [1.807, 2.05) is 0 Å². The molecule has 0 aromatic carbocycles. The van der Waals surface area contributed by atoms with Crippen molar-refractivity contribution in [3.63, 3.8) is 0 Å². The van der Waals surface area contributed by atoms with Gasteiger partial charge in [-0.25, -0.2) is 0 Å². The quantitative estimate of drug-likeness (QED) is 0.766. The molecule has 1 aliphatic rings. The summed E-state index contributed by atoms with van der Waals surface area (Å²) < 4.78 is 30.6. The topological polar surface area (TPSA) is 80.4 Å². The Morgan fingerprint density at radius 3 is 2.06 bits per heavy atom. The van der Waals surface area contributed by atoms with Crippen LogP contribution in [-0.4, -0.2) is 18.3 Å². The third-order valence-electron chi connectivity index (χ3n) is 4.02. The van der Waals surface area contributed by atoms with E-state index in [0.29, 0.717) is 23.7 Å². The Morgan fingerprint density at radius 1 is 1.24 bits per heavy atom. The number of rotatable bonds is 3. The summed E-state index contributed by atoms with van der Waals surface area (Å²) in [6.07, 6.45) is 4.69. The highest BCUT2D eigenvalue weighted by Crippen LogP contribution is 2.40. The van der Waals surface area contributed by atoms with Crippen LogP contribution in [0.2, 0.25) is 0 Å². The Morgan fingerprint density at radius 2 is 1.71 bits per heavy atom. The van der Waals surface area contributed by atoms with Gasteiger partial charge in [-0.15, -0.1) is 0 Å². The van der Waals surface area contributed by atoms with Gasteiger partial charge in [0, 0.05) is 0 Å². The number of nitrogens with two attached hydrogens (primary N) is 1. The molecule has 1 atom stereocenters. The summed E-state index contributed by atoms with van der Waals surface area (Å²) >= 11 is 0. The maximum atomic E-state index is 10.9. The Balaban J connectivity index is 2.43. The summed E-state index contributed by atoms with van der Waals surface area (Å²) in [5, 5.41) is -1.11. The molecule has 0 heterocycles. The zero-order valence-corrected chi connectivity index (χ0v) is 11.8. The van der Waals surface area contributed by atoms with Gasteiger partial charge in [-0.3, -0.25) is 4.55 Å². The highest BCUT2D eigenvalue weighted by Gasteiger charge is 2.31. The van der Waals surface area contributed by atoms with Crippen molar-refractivity contribution in [3.8, 4) is 0 Å². The zero-order valence-electron chi connectivity index (χ0n) is 11.0. The van der Waals surface area contributed by atoms with Crippen molar-refractivity contribution < 1.29 is 13.0 Å². The number of hydrogen-bond donors (Lipinski definition) is 2. The van der Waals surface area contributed by atoms with Crippen molar-refractivity contribution in [2.45, 2.75) is 58.2 Å². The summed E-state index contributed by atoms with van der Waals surface area (Å²) in [7, 11) is -4.07. The van der Waals surface area contributed by atoms with Crippen LogP contribution in [0.5, 0.6) is 0 Å². The molecule has 1 saturated carbocycles. The molecule has 0 aromatic heterocycles. The van der Waals surface area contributed by atoms with Crippen molar-refractivity contribution in [2.24, 2.45) is 23.0 Å². The molecular weight excluding hydrogens is 238 g/mol. The predicted molar refractivity (Wildman–Crippen MR) is 69.0 cm³/mol. The lowest BCUT2D eigenvalue weighted by atomic mass is 9.69. The van der Waals surface area contributed by atoms with Crippen LogP contribution in [0, 0.1) is 17.3 Å². The van der Waals surface area contributed by atoms with E-state index in [0.717, 1.165) is 25.7 Å². The van der Waals surface area contributed by atoms with Crippen LogP contribution in [0.25, 0.3) is 0 Å². The minimum atomic E-state index is -4.07. The molecule has 0 spiro atoms. The molecule has 102 valence electrons. The van der Waals surface area contributed by atoms with Crippen molar-refractivity contribution in [3.05, 3.63) is 0 Å². The van der Waals surface area contributed by atoms with Crippen molar-refractivity contribution in [2.75, 3.05) is 0 Å². The maximum Gasteiger partial charge on any atom is 0.280 e. The molecule has 1 rings (SSSR count). The fraction of sp³-hybridized carbons (Fsp3) is 1.00. The Kier molecular flexibility index (Phi) is 4.60. The van der Waals surface area contributed by atoms with Crippen LogP contribution in [0.3, 0.4) is 0 Å². The highest BCUT2D eigenvalue weighted by atomic mass is 32.2. The van der Waals surface area contributed by atoms with Crippen LogP contribution in [-0.2, 0) is 10.1 Å². The second-order valence-electron chi connectivity index (χ2n) is 6.37. The minimum Gasteiger partial charge on any atom is -0.313 e. The molecule has 0 aromatic rings. The van der Waals surface area contributed by atoms with E-state index >= 15 is 0 Å². The first kappa shape index (κ1) is 14.9. The lowest BCUT2D eigenvalue weighted by Gasteiger charge is -2.37. The SMILES string of the molecule is CC(C)(C)C1CCC(CC(N)S(=O)(=O)O)CC1. The van der Waals surface area contributed by atoms with Crippen molar-refractivity contribution in [1.82, 2.24) is 0 Å². The van der Waals surface area contributed by atoms with Crippen LogP contribution in [0.1, 0.15) is 52.9 Å². The van der Waals surface area contributed by atoms with Gasteiger partial charge < -0.3 is 5.73 Å². The van der Waals surface area contributed by atoms with Gasteiger partial charge in [0.15, 0.2) is 0 Å². The average Bonchev–Trinajstić information content (AvgIpc) is 2.15. The van der Waals surface area contributed by atoms with Gasteiger partial charge in [-0.2, -0.15) is 8.42 Å². The lowest BCUT2D eigenvalue weighted by Crippen LogP contribution is -2.34. The van der Waals surface area contributed by atoms with E-state index in [2.05, 4.69) is 20.8 Å². The van der Waals surface area contributed by atoms with Crippen LogP contribution >= 0.6 is 0 Å². The van der Waals surface area contributed by atoms with Crippen molar-refractivity contribution in [1.29, 1.82) is 0 Å². The molecule has 5 heteroatoms. The molecule has 4 nitrogen and oxygen atoms in total. The second-order valence-corrected chi connectivity index (χ2v) is 8.01. The Bertz CT molecular complexity index is 337. The predicted octanol–water partition coefficient (Wildman–Crippen LogP) is 2.40. The van der Waals surface area contributed by atoms with Crippen LogP contribution in [0.4, 0.5) is 0 Å². The third-order valence-corrected chi connectivity index (χ3v) is 4.98. The first-order chi connectivity index (χ1) is 7.60. The molecule has 0 amide bonds. The Labute approximate surface area is 105 Å². The summed E-state index contributed by atoms with van der Waals surface area (Å²) in [6, 6.07) is 0. The van der Waals surface area contributed by atoms with E-state index < -0.39 is 15.5 Å². The van der Waals surface area contributed by atoms with Crippen LogP contribution < -0.4 is 5.73 Å². The van der Waals surface area contributed by atoms with E-state index in [9.17, 15) is 8.42 Å². The molecular formula is C12H25NO3S. The molecule has 0 radical (unpaired) electrons. The largest absolute Gasteiger partial charge is 0.313 e. The molecule has 1 unspecified atom stereocenters. The van der Waals surface area contributed by atoms with E-state index in [-0.39, 0.29) is 0 Å². The molecule has 1 fully saturated rings. The first-order valence-corrected chi connectivity index (χ1v) is 7.83. The van der Waals surface area contributed by atoms with Gasteiger partial charge in [-0.1, -0.05) is 33.6 Å². The molecule has 0 aliphatic heterocycles. The van der Waals surface area contributed by atoms with Gasteiger partial charge in [0.2, 0.25) is 0 Å². The average molecular weight is 263 g/mol. The standard InChI is InChI=1S/C12H25NO3S/c1-12(2,3)10-6-4-9(5-7-10)8-11(13)17(14,15)16/h9-11H,4-8,13H2,1-3H3,(H,14,15,16). The monoisotopic (exact) mass is 263 g/mol. The lowest BCUT2D eigenvalue weighted by molar-refractivity contribution is 0.146. The highest BCUT2D eigenvalue weighted by molar-refractivity contribution is 7.86. The third kappa shape index (κ3) is 4.56. The fourth-order valence-electron chi connectivity index (χ4n) is 2.71. The van der Waals surface area contributed by atoms with Crippen molar-refractivity contribution >= 4 is 10.1 Å². The van der Waals surface area contributed by atoms with Gasteiger partial charge in [0.1, 0.15) is 5.37 Å². The summed E-state index contributed by atoms with van der Waals surface area (Å²) in [5.41, 5.74) is 5.79. The van der Waals surface area contributed by atoms with Gasteiger partial charge in [0.25, 0.3) is 10.1 Å². The van der Waals surface area contributed by atoms with Gasteiger partial charge in [-0.05, 0) is 36.5 Å². The van der Waals surface area contributed by atoms with Gasteiger partial charge in [0.05, 0.1) is 0 Å². The van der Waals surface area contributed by atoms with E-state index in [1.165, 1.54) is 0 Å². The maximum absolute atomic E-state index is 10.9. The van der Waals surface area contributed by atoms with E-state index in [4.69, 9.17) is 10.3 Å².